The van der Waals surface area contributed by atoms with Crippen LogP contribution < -0.4 is 14.8 Å². The highest BCUT2D eigenvalue weighted by atomic mass is 16.5. The normalized spacial score (nSPS) is 10.5. The van der Waals surface area contributed by atoms with Gasteiger partial charge in [-0.1, -0.05) is 10.3 Å². The van der Waals surface area contributed by atoms with E-state index in [4.69, 9.17) is 18.4 Å². The molecule has 9 heteroatoms. The Balaban J connectivity index is 1.79. The highest BCUT2D eigenvalue weighted by Gasteiger charge is 2.16. The Hall–Kier alpha value is -3.36. The molecule has 0 aliphatic heterocycles. The van der Waals surface area contributed by atoms with E-state index in [1.165, 1.54) is 12.3 Å². The van der Waals surface area contributed by atoms with Crippen molar-refractivity contribution in [2.75, 3.05) is 18.5 Å². The fraction of sp³-hybridized carbons (Fsp3) is 0.250. The van der Waals surface area contributed by atoms with Crippen LogP contribution in [0.15, 0.2) is 39.4 Å². The first-order chi connectivity index (χ1) is 12.2. The second kappa shape index (κ2) is 7.47. The Labute approximate surface area is 142 Å². The van der Waals surface area contributed by atoms with Crippen LogP contribution in [0.4, 0.5) is 6.01 Å². The summed E-state index contributed by atoms with van der Waals surface area (Å²) in [6, 6.07) is 6.64. The molecule has 3 aromatic rings. The first-order valence-electron chi connectivity index (χ1n) is 7.66. The smallest absolute Gasteiger partial charge is 0.322 e. The SMILES string of the molecule is CCOc1ccc(-c2nnc(NC(=O)c3ccno3)o2)cc1OCC. The van der Waals surface area contributed by atoms with Gasteiger partial charge in [0.25, 0.3) is 5.91 Å². The maximum atomic E-state index is 11.9. The summed E-state index contributed by atoms with van der Waals surface area (Å²) in [6.45, 7) is 4.79. The highest BCUT2D eigenvalue weighted by molar-refractivity contribution is 6.00. The predicted molar refractivity (Wildman–Crippen MR) is 86.5 cm³/mol. The molecule has 25 heavy (non-hydrogen) atoms. The maximum absolute atomic E-state index is 11.9. The first-order valence-corrected chi connectivity index (χ1v) is 7.66. The van der Waals surface area contributed by atoms with Gasteiger partial charge in [-0.2, -0.15) is 0 Å². The minimum Gasteiger partial charge on any atom is -0.490 e. The second-order valence-corrected chi connectivity index (χ2v) is 4.77. The average molecular weight is 344 g/mol. The van der Waals surface area contributed by atoms with Crippen molar-refractivity contribution in [1.82, 2.24) is 15.4 Å². The summed E-state index contributed by atoms with van der Waals surface area (Å²) in [5, 5.41) is 13.6. The van der Waals surface area contributed by atoms with Crippen molar-refractivity contribution in [2.45, 2.75) is 13.8 Å². The summed E-state index contributed by atoms with van der Waals surface area (Å²) < 4.78 is 21.3. The Kier molecular flexibility index (Phi) is 4.93. The zero-order valence-electron chi connectivity index (χ0n) is 13.7. The molecule has 1 amide bonds. The van der Waals surface area contributed by atoms with Crippen LogP contribution in [0.2, 0.25) is 0 Å². The number of benzene rings is 1. The van der Waals surface area contributed by atoms with Crippen molar-refractivity contribution in [1.29, 1.82) is 0 Å². The van der Waals surface area contributed by atoms with E-state index < -0.39 is 5.91 Å². The summed E-state index contributed by atoms with van der Waals surface area (Å²) in [7, 11) is 0. The highest BCUT2D eigenvalue weighted by Crippen LogP contribution is 2.32. The number of nitrogens with one attached hydrogen (secondary N) is 1. The third-order valence-corrected chi connectivity index (χ3v) is 3.10. The Morgan fingerprint density at radius 1 is 1.12 bits per heavy atom. The number of anilines is 1. The Morgan fingerprint density at radius 2 is 1.92 bits per heavy atom. The molecule has 3 rings (SSSR count). The standard InChI is InChI=1S/C16H16N4O5/c1-3-22-11-6-5-10(9-13(11)23-4-2)15-19-20-16(24-15)18-14(21)12-7-8-17-25-12/h5-9H,3-4H2,1-2H3,(H,18,20,21). The molecule has 130 valence electrons. The minimum absolute atomic E-state index is 0.0412. The molecule has 0 unspecified atom stereocenters. The van der Waals surface area contributed by atoms with Crippen molar-refractivity contribution in [2.24, 2.45) is 0 Å². The van der Waals surface area contributed by atoms with Gasteiger partial charge in [0.05, 0.1) is 19.4 Å². The Bertz CT molecular complexity index is 844. The quantitative estimate of drug-likeness (QED) is 0.696. The molecule has 1 aromatic carbocycles. The van der Waals surface area contributed by atoms with E-state index in [1.807, 2.05) is 13.8 Å². The van der Waals surface area contributed by atoms with E-state index >= 15 is 0 Å². The molecule has 2 heterocycles. The molecule has 0 aliphatic carbocycles. The van der Waals surface area contributed by atoms with Gasteiger partial charge >= 0.3 is 6.01 Å². The molecule has 0 saturated heterocycles. The van der Waals surface area contributed by atoms with Crippen LogP contribution >= 0.6 is 0 Å². The zero-order valence-corrected chi connectivity index (χ0v) is 13.7. The van der Waals surface area contributed by atoms with E-state index in [-0.39, 0.29) is 17.7 Å². The van der Waals surface area contributed by atoms with Gasteiger partial charge in [0.2, 0.25) is 11.7 Å². The number of hydrogen-bond donors (Lipinski definition) is 1. The summed E-state index contributed by atoms with van der Waals surface area (Å²) in [5.74, 6) is 0.949. The molecular weight excluding hydrogens is 328 g/mol. The van der Waals surface area contributed by atoms with Gasteiger partial charge < -0.3 is 18.4 Å². The number of nitrogens with zero attached hydrogens (tertiary/aromatic N) is 3. The fourth-order valence-electron chi connectivity index (χ4n) is 2.07. The lowest BCUT2D eigenvalue weighted by atomic mass is 10.2. The predicted octanol–water partition coefficient (Wildman–Crippen LogP) is 2.77. The second-order valence-electron chi connectivity index (χ2n) is 4.77. The van der Waals surface area contributed by atoms with Crippen LogP contribution in [0.3, 0.4) is 0 Å². The number of carbonyl (C=O) groups excluding carboxylic acids is 1. The van der Waals surface area contributed by atoms with E-state index in [9.17, 15) is 4.79 Å². The number of aromatic nitrogens is 3. The molecule has 0 saturated carbocycles. The van der Waals surface area contributed by atoms with Crippen LogP contribution in [0.25, 0.3) is 11.5 Å². The molecule has 2 aromatic heterocycles. The summed E-state index contributed by atoms with van der Waals surface area (Å²) >= 11 is 0. The minimum atomic E-state index is -0.533. The van der Waals surface area contributed by atoms with E-state index in [0.717, 1.165) is 0 Å². The molecule has 9 nitrogen and oxygen atoms in total. The van der Waals surface area contributed by atoms with Gasteiger partial charge in [0.1, 0.15) is 0 Å². The number of hydrogen-bond acceptors (Lipinski definition) is 8. The molecule has 0 aliphatic rings. The third kappa shape index (κ3) is 3.77. The molecule has 0 atom stereocenters. The van der Waals surface area contributed by atoms with Crippen LogP contribution in [-0.2, 0) is 0 Å². The monoisotopic (exact) mass is 344 g/mol. The molecule has 0 radical (unpaired) electrons. The summed E-state index contributed by atoms with van der Waals surface area (Å²) in [4.78, 5) is 11.9. The van der Waals surface area contributed by atoms with Gasteiger partial charge in [-0.25, -0.2) is 0 Å². The number of carbonyl (C=O) groups is 1. The molecular formula is C16H16N4O5. The van der Waals surface area contributed by atoms with Crippen LogP contribution in [0.5, 0.6) is 11.5 Å². The summed E-state index contributed by atoms with van der Waals surface area (Å²) in [6.07, 6.45) is 1.36. The average Bonchev–Trinajstić information content (AvgIpc) is 3.28. The number of ether oxygens (including phenoxy) is 2. The fourth-order valence-corrected chi connectivity index (χ4v) is 2.07. The van der Waals surface area contributed by atoms with Gasteiger partial charge in [-0.05, 0) is 32.0 Å². The third-order valence-electron chi connectivity index (χ3n) is 3.10. The lowest BCUT2D eigenvalue weighted by molar-refractivity contribution is 0.0985. The first kappa shape index (κ1) is 16.5. The maximum Gasteiger partial charge on any atom is 0.322 e. The van der Waals surface area contributed by atoms with Crippen LogP contribution in [-0.4, -0.2) is 34.5 Å². The molecule has 0 bridgehead atoms. The lowest BCUT2D eigenvalue weighted by Crippen LogP contribution is -2.11. The zero-order chi connectivity index (χ0) is 17.6. The van der Waals surface area contributed by atoms with E-state index in [1.54, 1.807) is 18.2 Å². The van der Waals surface area contributed by atoms with Crippen molar-refractivity contribution in [3.63, 3.8) is 0 Å². The molecule has 1 N–H and O–H groups in total. The van der Waals surface area contributed by atoms with Gasteiger partial charge in [-0.3, -0.25) is 10.1 Å². The van der Waals surface area contributed by atoms with Crippen LogP contribution in [0, 0.1) is 0 Å². The Morgan fingerprint density at radius 3 is 2.64 bits per heavy atom. The van der Waals surface area contributed by atoms with E-state index in [0.29, 0.717) is 30.3 Å². The van der Waals surface area contributed by atoms with Crippen molar-refractivity contribution >= 4 is 11.9 Å². The van der Waals surface area contributed by atoms with Crippen molar-refractivity contribution < 1.29 is 23.2 Å². The molecule has 0 fully saturated rings. The summed E-state index contributed by atoms with van der Waals surface area (Å²) in [5.41, 5.74) is 0.638. The van der Waals surface area contributed by atoms with E-state index in [2.05, 4.69) is 20.7 Å². The van der Waals surface area contributed by atoms with Crippen molar-refractivity contribution in [3.05, 3.63) is 36.2 Å². The van der Waals surface area contributed by atoms with Crippen molar-refractivity contribution in [3.8, 4) is 23.0 Å². The number of rotatable bonds is 7. The van der Waals surface area contributed by atoms with Gasteiger partial charge in [-0.15, -0.1) is 5.10 Å². The lowest BCUT2D eigenvalue weighted by Gasteiger charge is -2.11. The topological polar surface area (TPSA) is 113 Å². The molecule has 0 spiro atoms. The number of amides is 1. The van der Waals surface area contributed by atoms with Gasteiger partial charge in [0.15, 0.2) is 11.5 Å². The van der Waals surface area contributed by atoms with Crippen LogP contribution in [0.1, 0.15) is 24.4 Å². The van der Waals surface area contributed by atoms with Gasteiger partial charge in [0, 0.05) is 11.6 Å². The largest absolute Gasteiger partial charge is 0.490 e.